The van der Waals surface area contributed by atoms with Crippen LogP contribution in [0.5, 0.6) is 5.75 Å². The quantitative estimate of drug-likeness (QED) is 0.331. The summed E-state index contributed by atoms with van der Waals surface area (Å²) in [6, 6.07) is 25.1. The van der Waals surface area contributed by atoms with Gasteiger partial charge in [0.1, 0.15) is 24.0 Å². The maximum Gasteiger partial charge on any atom is 0.262 e. The lowest BCUT2D eigenvalue weighted by molar-refractivity contribution is -0.117. The van der Waals surface area contributed by atoms with Gasteiger partial charge in [0.25, 0.3) is 5.91 Å². The summed E-state index contributed by atoms with van der Waals surface area (Å²) in [4.78, 5) is 12.6. The van der Waals surface area contributed by atoms with E-state index in [1.54, 1.807) is 6.08 Å². The first-order valence-corrected chi connectivity index (χ1v) is 10.7. The van der Waals surface area contributed by atoms with Crippen molar-refractivity contribution < 1.29 is 9.53 Å². The van der Waals surface area contributed by atoms with Crippen molar-refractivity contribution in [1.29, 1.82) is 5.26 Å². The molecule has 3 aromatic rings. The van der Waals surface area contributed by atoms with Crippen LogP contribution in [0.3, 0.4) is 0 Å². The zero-order valence-corrected chi connectivity index (χ0v) is 19.0. The third-order valence-corrected chi connectivity index (χ3v) is 5.41. The Hall–Kier alpha value is -3.36. The fraction of sp³-hybridized carbons (Fsp3) is 0.154. The number of hydrogen-bond acceptors (Lipinski definition) is 3. The van der Waals surface area contributed by atoms with Crippen LogP contribution >= 0.6 is 15.9 Å². The number of ether oxygens (including phenoxy) is 1. The van der Waals surface area contributed by atoms with Crippen molar-refractivity contribution in [3.8, 4) is 11.8 Å². The van der Waals surface area contributed by atoms with Crippen LogP contribution in [0.2, 0.25) is 0 Å². The molecule has 0 aliphatic rings. The van der Waals surface area contributed by atoms with Crippen molar-refractivity contribution in [1.82, 2.24) is 5.32 Å². The number of nitrogens with one attached hydrogen (secondary N) is 1. The second kappa shape index (κ2) is 10.6. The molecule has 1 atom stereocenters. The molecule has 1 amide bonds. The van der Waals surface area contributed by atoms with Gasteiger partial charge in [-0.15, -0.1) is 0 Å². The summed E-state index contributed by atoms with van der Waals surface area (Å²) >= 11 is 3.51. The van der Waals surface area contributed by atoms with E-state index in [1.165, 1.54) is 5.56 Å². The summed E-state index contributed by atoms with van der Waals surface area (Å²) in [7, 11) is 0. The van der Waals surface area contributed by atoms with E-state index in [0.717, 1.165) is 21.2 Å². The molecular formula is C26H23BrN2O2. The number of halogens is 1. The zero-order valence-electron chi connectivity index (χ0n) is 17.4. The van der Waals surface area contributed by atoms with Crippen LogP contribution in [0, 0.1) is 18.3 Å². The third-order valence-electron chi connectivity index (χ3n) is 4.79. The Morgan fingerprint density at radius 3 is 2.48 bits per heavy atom. The number of nitrogens with zero attached hydrogens (tertiary/aromatic N) is 1. The molecule has 0 aliphatic heterocycles. The summed E-state index contributed by atoms with van der Waals surface area (Å²) in [5.41, 5.74) is 4.04. The van der Waals surface area contributed by atoms with Crippen LogP contribution in [0.15, 0.2) is 82.8 Å². The van der Waals surface area contributed by atoms with Crippen molar-refractivity contribution >= 4 is 27.9 Å². The van der Waals surface area contributed by atoms with Gasteiger partial charge >= 0.3 is 0 Å². The molecule has 0 unspecified atom stereocenters. The molecular weight excluding hydrogens is 452 g/mol. The highest BCUT2D eigenvalue weighted by atomic mass is 79.9. The van der Waals surface area contributed by atoms with Gasteiger partial charge in [0.05, 0.1) is 10.5 Å². The lowest BCUT2D eigenvalue weighted by Gasteiger charge is -2.14. The van der Waals surface area contributed by atoms with Crippen LogP contribution in [-0.2, 0) is 11.4 Å². The number of nitriles is 1. The summed E-state index contributed by atoms with van der Waals surface area (Å²) in [5.74, 6) is 0.285. The second-order valence-electron chi connectivity index (χ2n) is 7.24. The molecule has 3 aromatic carbocycles. The van der Waals surface area contributed by atoms with Crippen LogP contribution in [0.25, 0.3) is 6.08 Å². The normalized spacial score (nSPS) is 12.0. The van der Waals surface area contributed by atoms with Crippen molar-refractivity contribution in [2.75, 3.05) is 0 Å². The van der Waals surface area contributed by atoms with Gasteiger partial charge in [-0.05, 0) is 64.7 Å². The fourth-order valence-electron chi connectivity index (χ4n) is 2.98. The second-order valence-corrected chi connectivity index (χ2v) is 8.09. The predicted molar refractivity (Wildman–Crippen MR) is 126 cm³/mol. The standard InChI is InChI=1S/C26H23BrN2O2/c1-18-8-10-20(11-9-18)17-31-25-13-12-21(15-24(25)27)14-23(16-28)26(30)29-19(2)22-6-4-3-5-7-22/h3-15,19H,17H2,1-2H3,(H,29,30)/b23-14-/t19-/m0/s1. The first-order valence-electron chi connectivity index (χ1n) is 9.92. The van der Waals surface area contributed by atoms with Gasteiger partial charge in [-0.25, -0.2) is 0 Å². The summed E-state index contributed by atoms with van der Waals surface area (Å²) in [5, 5.41) is 12.3. The molecule has 0 radical (unpaired) electrons. The molecule has 0 aliphatic carbocycles. The molecule has 156 valence electrons. The molecule has 0 fully saturated rings. The Kier molecular flexibility index (Phi) is 7.64. The Morgan fingerprint density at radius 1 is 1.13 bits per heavy atom. The van der Waals surface area contributed by atoms with E-state index >= 15 is 0 Å². The van der Waals surface area contributed by atoms with Gasteiger partial charge < -0.3 is 10.1 Å². The van der Waals surface area contributed by atoms with Crippen LogP contribution in [-0.4, -0.2) is 5.91 Å². The first kappa shape index (κ1) is 22.3. The average molecular weight is 475 g/mol. The largest absolute Gasteiger partial charge is 0.488 e. The van der Waals surface area contributed by atoms with Crippen molar-refractivity contribution in [3.63, 3.8) is 0 Å². The lowest BCUT2D eigenvalue weighted by atomic mass is 10.1. The van der Waals surface area contributed by atoms with Gasteiger partial charge in [0.15, 0.2) is 0 Å². The number of benzene rings is 3. The zero-order chi connectivity index (χ0) is 22.2. The number of carbonyl (C=O) groups is 1. The first-order chi connectivity index (χ1) is 15.0. The Balaban J connectivity index is 1.67. The Morgan fingerprint density at radius 2 is 1.84 bits per heavy atom. The Labute approximate surface area is 191 Å². The molecule has 0 spiro atoms. The van der Waals surface area contributed by atoms with Crippen LogP contribution in [0.1, 0.15) is 35.2 Å². The molecule has 0 saturated heterocycles. The summed E-state index contributed by atoms with van der Waals surface area (Å²) in [6.45, 7) is 4.39. The van der Waals surface area contributed by atoms with Crippen LogP contribution < -0.4 is 10.1 Å². The number of aryl methyl sites for hydroxylation is 1. The van der Waals surface area contributed by atoms with E-state index < -0.39 is 5.91 Å². The molecule has 0 saturated carbocycles. The molecule has 0 aromatic heterocycles. The molecule has 4 nitrogen and oxygen atoms in total. The maximum absolute atomic E-state index is 12.6. The average Bonchev–Trinajstić information content (AvgIpc) is 2.78. The topological polar surface area (TPSA) is 62.1 Å². The highest BCUT2D eigenvalue weighted by Gasteiger charge is 2.14. The molecule has 3 rings (SSSR count). The number of rotatable bonds is 7. The van der Waals surface area contributed by atoms with Gasteiger partial charge in [0.2, 0.25) is 0 Å². The Bertz CT molecular complexity index is 1120. The van der Waals surface area contributed by atoms with E-state index in [2.05, 4.69) is 33.4 Å². The van der Waals surface area contributed by atoms with Gasteiger partial charge in [0, 0.05) is 0 Å². The third kappa shape index (κ3) is 6.31. The highest BCUT2D eigenvalue weighted by Crippen LogP contribution is 2.28. The van der Waals surface area contributed by atoms with Gasteiger partial charge in [-0.3, -0.25) is 4.79 Å². The van der Waals surface area contributed by atoms with Gasteiger partial charge in [-0.1, -0.05) is 66.2 Å². The van der Waals surface area contributed by atoms with E-state index in [9.17, 15) is 10.1 Å². The molecule has 1 N–H and O–H groups in total. The monoisotopic (exact) mass is 474 g/mol. The highest BCUT2D eigenvalue weighted by molar-refractivity contribution is 9.10. The maximum atomic E-state index is 12.6. The molecule has 0 bridgehead atoms. The summed E-state index contributed by atoms with van der Waals surface area (Å²) < 4.78 is 6.64. The van der Waals surface area contributed by atoms with E-state index in [0.29, 0.717) is 12.4 Å². The van der Waals surface area contributed by atoms with E-state index in [-0.39, 0.29) is 11.6 Å². The minimum absolute atomic E-state index is 0.0444. The number of carbonyl (C=O) groups excluding carboxylic acids is 1. The van der Waals surface area contributed by atoms with E-state index in [4.69, 9.17) is 4.74 Å². The minimum atomic E-state index is -0.408. The number of amides is 1. The van der Waals surface area contributed by atoms with E-state index in [1.807, 2.05) is 80.6 Å². The lowest BCUT2D eigenvalue weighted by Crippen LogP contribution is -2.27. The fourth-order valence-corrected chi connectivity index (χ4v) is 3.49. The van der Waals surface area contributed by atoms with Gasteiger partial charge in [-0.2, -0.15) is 5.26 Å². The SMILES string of the molecule is Cc1ccc(COc2ccc(/C=C(/C#N)C(=O)N[C@@H](C)c3ccccc3)cc2Br)cc1. The smallest absolute Gasteiger partial charge is 0.262 e. The minimum Gasteiger partial charge on any atom is -0.488 e. The van der Waals surface area contributed by atoms with Crippen molar-refractivity contribution in [2.45, 2.75) is 26.5 Å². The summed E-state index contributed by atoms with van der Waals surface area (Å²) in [6.07, 6.45) is 1.57. The molecule has 5 heteroatoms. The number of hydrogen-bond donors (Lipinski definition) is 1. The van der Waals surface area contributed by atoms with Crippen molar-refractivity contribution in [3.05, 3.63) is 105 Å². The van der Waals surface area contributed by atoms with Crippen molar-refractivity contribution in [2.24, 2.45) is 0 Å². The molecule has 31 heavy (non-hydrogen) atoms. The molecule has 0 heterocycles. The van der Waals surface area contributed by atoms with Crippen LogP contribution in [0.4, 0.5) is 0 Å². The predicted octanol–water partition coefficient (Wildman–Crippen LogP) is 6.12.